The van der Waals surface area contributed by atoms with Crippen LogP contribution in [0.3, 0.4) is 0 Å². The van der Waals surface area contributed by atoms with Crippen molar-refractivity contribution in [2.45, 2.75) is 37.8 Å². The number of nitrogens with one attached hydrogen (secondary N) is 1. The predicted octanol–water partition coefficient (Wildman–Crippen LogP) is 5.87. The number of halogens is 3. The number of nitrogens with zero attached hydrogens (tertiary/aromatic N) is 6. The molecule has 1 aromatic carbocycles. The summed E-state index contributed by atoms with van der Waals surface area (Å²) in [6.45, 7) is 2.06. The first kappa shape index (κ1) is 24.1. The van der Waals surface area contributed by atoms with Crippen molar-refractivity contribution in [3.05, 3.63) is 71.7 Å². The van der Waals surface area contributed by atoms with Crippen molar-refractivity contribution >= 4 is 11.0 Å². The van der Waals surface area contributed by atoms with Crippen molar-refractivity contribution in [3.63, 3.8) is 0 Å². The Bertz CT molecular complexity index is 1640. The molecule has 8 nitrogen and oxygen atoms in total. The Labute approximate surface area is 216 Å². The molecule has 194 valence electrons. The highest BCUT2D eigenvalue weighted by Gasteiger charge is 2.35. The number of H-pyrrole nitrogens is 1. The molecular formula is C27H24F3N7O. The van der Waals surface area contributed by atoms with Crippen LogP contribution in [-0.2, 0) is 13.2 Å². The van der Waals surface area contributed by atoms with E-state index in [2.05, 4.69) is 31.8 Å². The highest BCUT2D eigenvalue weighted by Crippen LogP contribution is 2.45. The first-order valence-corrected chi connectivity index (χ1v) is 12.2. The van der Waals surface area contributed by atoms with Crippen LogP contribution in [0.25, 0.3) is 33.8 Å². The van der Waals surface area contributed by atoms with Gasteiger partial charge in [0.25, 0.3) is 0 Å². The van der Waals surface area contributed by atoms with Crippen LogP contribution in [-0.4, -0.2) is 41.6 Å². The van der Waals surface area contributed by atoms with Gasteiger partial charge in [0.05, 0.1) is 30.0 Å². The van der Waals surface area contributed by atoms with Gasteiger partial charge in [0.15, 0.2) is 11.5 Å². The standard InChI is InChI=1S/C27H24F3N7O/c1-14(15-4-8-17(9-5-15)25-35-20(12-37(25)2)27(28,29)30)18-10-31-19-11-32-24(36-23(18)19)21-22(16-6-7-16)33-13-34-26(21)38-3/h4-5,8-14,16,31H,6-7H2,1-3H3/t14-/m0/s1. The Hall–Kier alpha value is -4.28. The largest absolute Gasteiger partial charge is 0.480 e. The lowest BCUT2D eigenvalue weighted by molar-refractivity contribution is -0.140. The van der Waals surface area contributed by atoms with Gasteiger partial charge in [0, 0.05) is 42.4 Å². The van der Waals surface area contributed by atoms with Gasteiger partial charge in [-0.25, -0.2) is 24.9 Å². The van der Waals surface area contributed by atoms with E-state index in [9.17, 15) is 13.2 Å². The van der Waals surface area contributed by atoms with Gasteiger partial charge in [0.2, 0.25) is 5.88 Å². The summed E-state index contributed by atoms with van der Waals surface area (Å²) < 4.78 is 46.2. The molecule has 1 atom stereocenters. The Balaban J connectivity index is 1.35. The number of imidazole rings is 1. The second-order valence-corrected chi connectivity index (χ2v) is 9.52. The minimum atomic E-state index is -4.49. The number of hydrogen-bond acceptors (Lipinski definition) is 6. The fraction of sp³-hybridized carbons (Fsp3) is 0.296. The summed E-state index contributed by atoms with van der Waals surface area (Å²) in [5.74, 6) is 1.52. The van der Waals surface area contributed by atoms with Crippen LogP contribution in [0.2, 0.25) is 0 Å². The fourth-order valence-corrected chi connectivity index (χ4v) is 4.77. The van der Waals surface area contributed by atoms with Crippen molar-refractivity contribution < 1.29 is 17.9 Å². The number of aromatic amines is 1. The molecule has 4 aromatic heterocycles. The van der Waals surface area contributed by atoms with Crippen LogP contribution in [0.15, 0.2) is 49.2 Å². The van der Waals surface area contributed by atoms with E-state index in [1.54, 1.807) is 32.5 Å². The number of rotatable bonds is 6. The molecular weight excluding hydrogens is 495 g/mol. The lowest BCUT2D eigenvalue weighted by atomic mass is 9.93. The zero-order valence-electron chi connectivity index (χ0n) is 20.9. The SMILES string of the molecule is COc1ncnc(C2CC2)c1-c1ncc2[nH]cc([C@@H](C)c3ccc(-c4nc(C(F)(F)F)cn4C)cc3)c2n1. The number of alkyl halides is 3. The Morgan fingerprint density at radius 1 is 1.08 bits per heavy atom. The van der Waals surface area contributed by atoms with Crippen molar-refractivity contribution in [2.75, 3.05) is 7.11 Å². The highest BCUT2D eigenvalue weighted by molar-refractivity contribution is 5.82. The van der Waals surface area contributed by atoms with E-state index in [0.29, 0.717) is 23.2 Å². The highest BCUT2D eigenvalue weighted by atomic mass is 19.4. The lowest BCUT2D eigenvalue weighted by Crippen LogP contribution is -2.04. The van der Waals surface area contributed by atoms with Gasteiger partial charge in [-0.1, -0.05) is 31.2 Å². The van der Waals surface area contributed by atoms with Crippen LogP contribution in [0.4, 0.5) is 13.2 Å². The average Bonchev–Trinajstić information content (AvgIpc) is 3.55. The smallest absolute Gasteiger partial charge is 0.434 e. The maximum atomic E-state index is 13.1. The van der Waals surface area contributed by atoms with E-state index in [1.807, 2.05) is 18.3 Å². The van der Waals surface area contributed by atoms with Gasteiger partial charge in [-0.3, -0.25) is 0 Å². The topological polar surface area (TPSA) is 94.4 Å². The molecule has 0 radical (unpaired) electrons. The van der Waals surface area contributed by atoms with E-state index < -0.39 is 11.9 Å². The number of aryl methyl sites for hydroxylation is 1. The normalized spacial score (nSPS) is 14.7. The number of ether oxygens (including phenoxy) is 1. The van der Waals surface area contributed by atoms with Crippen LogP contribution in [0, 0.1) is 0 Å². The van der Waals surface area contributed by atoms with Gasteiger partial charge in [-0.2, -0.15) is 13.2 Å². The molecule has 0 bridgehead atoms. The van der Waals surface area contributed by atoms with Crippen LogP contribution < -0.4 is 4.74 Å². The number of benzene rings is 1. The van der Waals surface area contributed by atoms with Gasteiger partial charge >= 0.3 is 6.18 Å². The van der Waals surface area contributed by atoms with Crippen LogP contribution >= 0.6 is 0 Å². The lowest BCUT2D eigenvalue weighted by Gasteiger charge is -2.13. The molecule has 0 saturated heterocycles. The van der Waals surface area contributed by atoms with Crippen molar-refractivity contribution in [1.29, 1.82) is 0 Å². The summed E-state index contributed by atoms with van der Waals surface area (Å²) in [5, 5.41) is 0. The minimum absolute atomic E-state index is 0.0514. The molecule has 1 aliphatic rings. The summed E-state index contributed by atoms with van der Waals surface area (Å²) in [6, 6.07) is 7.39. The first-order chi connectivity index (χ1) is 18.2. The molecule has 6 rings (SSSR count). The third-order valence-electron chi connectivity index (χ3n) is 6.97. The number of methoxy groups -OCH3 is 1. The molecule has 1 aliphatic carbocycles. The Morgan fingerprint density at radius 3 is 2.50 bits per heavy atom. The molecule has 38 heavy (non-hydrogen) atoms. The van der Waals surface area contributed by atoms with Crippen molar-refractivity contribution in [2.24, 2.45) is 7.05 Å². The van der Waals surface area contributed by atoms with E-state index in [1.165, 1.54) is 10.9 Å². The van der Waals surface area contributed by atoms with Crippen molar-refractivity contribution in [3.8, 4) is 28.7 Å². The molecule has 0 aliphatic heterocycles. The second-order valence-electron chi connectivity index (χ2n) is 9.52. The quantitative estimate of drug-likeness (QED) is 0.301. The van der Waals surface area contributed by atoms with Gasteiger partial charge in [0.1, 0.15) is 17.7 Å². The maximum Gasteiger partial charge on any atom is 0.434 e. The molecule has 1 N–H and O–H groups in total. The maximum absolute atomic E-state index is 13.1. The number of aromatic nitrogens is 7. The Kier molecular flexibility index (Phi) is 5.66. The number of fused-ring (bicyclic) bond motifs is 1. The fourth-order valence-electron chi connectivity index (χ4n) is 4.77. The summed E-state index contributed by atoms with van der Waals surface area (Å²) in [4.78, 5) is 25.3. The van der Waals surface area contributed by atoms with Gasteiger partial charge < -0.3 is 14.3 Å². The van der Waals surface area contributed by atoms with Crippen molar-refractivity contribution in [1.82, 2.24) is 34.5 Å². The van der Waals surface area contributed by atoms with E-state index in [-0.39, 0.29) is 11.7 Å². The van der Waals surface area contributed by atoms with E-state index >= 15 is 0 Å². The first-order valence-electron chi connectivity index (χ1n) is 12.2. The third kappa shape index (κ3) is 4.17. The summed E-state index contributed by atoms with van der Waals surface area (Å²) >= 11 is 0. The molecule has 0 amide bonds. The Morgan fingerprint density at radius 2 is 1.84 bits per heavy atom. The molecule has 1 fully saturated rings. The molecule has 1 saturated carbocycles. The van der Waals surface area contributed by atoms with Crippen LogP contribution in [0.1, 0.15) is 54.1 Å². The predicted molar refractivity (Wildman–Crippen MR) is 135 cm³/mol. The monoisotopic (exact) mass is 519 g/mol. The molecule has 4 heterocycles. The van der Waals surface area contributed by atoms with E-state index in [0.717, 1.165) is 52.5 Å². The zero-order valence-corrected chi connectivity index (χ0v) is 20.9. The van der Waals surface area contributed by atoms with E-state index in [4.69, 9.17) is 9.72 Å². The third-order valence-corrected chi connectivity index (χ3v) is 6.97. The average molecular weight is 520 g/mol. The minimum Gasteiger partial charge on any atom is -0.480 e. The summed E-state index contributed by atoms with van der Waals surface area (Å²) in [5.41, 5.74) is 4.84. The summed E-state index contributed by atoms with van der Waals surface area (Å²) in [6.07, 6.45) is 3.81. The zero-order chi connectivity index (χ0) is 26.6. The molecule has 0 spiro atoms. The van der Waals surface area contributed by atoms with Crippen LogP contribution in [0.5, 0.6) is 5.88 Å². The molecule has 5 aromatic rings. The summed E-state index contributed by atoms with van der Waals surface area (Å²) in [7, 11) is 3.13. The second kappa shape index (κ2) is 8.93. The van der Waals surface area contributed by atoms with Gasteiger partial charge in [-0.15, -0.1) is 0 Å². The number of hydrogen-bond donors (Lipinski definition) is 1. The van der Waals surface area contributed by atoms with Gasteiger partial charge in [-0.05, 0) is 18.4 Å². The molecule has 11 heteroatoms. The molecule has 0 unspecified atom stereocenters.